The van der Waals surface area contributed by atoms with Crippen molar-refractivity contribution in [2.45, 2.75) is 12.8 Å². The summed E-state index contributed by atoms with van der Waals surface area (Å²) in [5.74, 6) is 0.793. The number of nitrogens with two attached hydrogens (primary N) is 1. The Morgan fingerprint density at radius 3 is 2.88 bits per heavy atom. The Hall–Kier alpha value is -2.64. The first-order valence-corrected chi connectivity index (χ1v) is 7.80. The number of aromatic nitrogens is 2. The second-order valence-electron chi connectivity index (χ2n) is 5.91. The molecule has 6 nitrogen and oxygen atoms in total. The highest BCUT2D eigenvalue weighted by Gasteiger charge is 2.21. The maximum absolute atomic E-state index is 9.58. The molecule has 0 aliphatic carbocycles. The van der Waals surface area contributed by atoms with Crippen LogP contribution in [0.4, 0.5) is 5.69 Å². The molecule has 2 aromatic carbocycles. The van der Waals surface area contributed by atoms with Gasteiger partial charge in [-0.15, -0.1) is 0 Å². The summed E-state index contributed by atoms with van der Waals surface area (Å²) in [7, 11) is -1.52. The van der Waals surface area contributed by atoms with Crippen molar-refractivity contribution in [1.82, 2.24) is 10.2 Å². The summed E-state index contributed by atoms with van der Waals surface area (Å²) in [5.41, 5.74) is 10.3. The van der Waals surface area contributed by atoms with E-state index in [1.165, 1.54) is 6.20 Å². The third-order valence-electron chi connectivity index (χ3n) is 4.31. The predicted octanol–water partition coefficient (Wildman–Crippen LogP) is 0.884. The Bertz CT molecular complexity index is 930. The minimum Gasteiger partial charge on any atom is -0.493 e. The van der Waals surface area contributed by atoms with Crippen molar-refractivity contribution in [2.24, 2.45) is 0 Å². The lowest BCUT2D eigenvalue weighted by Gasteiger charge is -2.22. The molecule has 2 heterocycles. The van der Waals surface area contributed by atoms with Crippen molar-refractivity contribution in [3.8, 4) is 16.9 Å². The summed E-state index contributed by atoms with van der Waals surface area (Å²) in [6.45, 7) is 0.654. The Kier molecular flexibility index (Phi) is 3.59. The van der Waals surface area contributed by atoms with Gasteiger partial charge in [0.25, 0.3) is 0 Å². The van der Waals surface area contributed by atoms with Gasteiger partial charge >= 0.3 is 7.12 Å². The molecule has 0 atom stereocenters. The van der Waals surface area contributed by atoms with Gasteiger partial charge in [-0.1, -0.05) is 18.2 Å². The standard InChI is InChI=1S/C17H16BN3O3/c19-15-9-20-21-16-7-10(3-4-13(15)16)14-8-12(18(22)23)6-11-2-1-5-24-17(11)14/h3-4,6-9,22-23H,1-2,5H2,(H2,19,21). The number of aryl methyl sites for hydroxylation is 1. The average molecular weight is 321 g/mol. The zero-order valence-corrected chi connectivity index (χ0v) is 12.9. The maximum atomic E-state index is 9.58. The third-order valence-corrected chi connectivity index (χ3v) is 4.31. The van der Waals surface area contributed by atoms with Crippen molar-refractivity contribution in [3.05, 3.63) is 42.1 Å². The van der Waals surface area contributed by atoms with Crippen LogP contribution < -0.4 is 15.9 Å². The molecule has 7 heteroatoms. The van der Waals surface area contributed by atoms with Crippen molar-refractivity contribution >= 4 is 29.2 Å². The smallest absolute Gasteiger partial charge is 0.488 e. The quantitative estimate of drug-likeness (QED) is 0.606. The van der Waals surface area contributed by atoms with Crippen LogP contribution in [0, 0.1) is 0 Å². The molecule has 3 aromatic rings. The second kappa shape index (κ2) is 5.77. The van der Waals surface area contributed by atoms with Crippen LogP contribution in [0.5, 0.6) is 5.75 Å². The summed E-state index contributed by atoms with van der Waals surface area (Å²) in [4.78, 5) is 0. The van der Waals surface area contributed by atoms with E-state index in [9.17, 15) is 10.0 Å². The van der Waals surface area contributed by atoms with Crippen molar-refractivity contribution < 1.29 is 14.8 Å². The van der Waals surface area contributed by atoms with Gasteiger partial charge in [-0.2, -0.15) is 10.2 Å². The van der Waals surface area contributed by atoms with E-state index in [0.717, 1.165) is 40.7 Å². The lowest BCUT2D eigenvalue weighted by molar-refractivity contribution is 0.290. The van der Waals surface area contributed by atoms with Crippen LogP contribution in [0.2, 0.25) is 0 Å². The molecular weight excluding hydrogens is 305 g/mol. The van der Waals surface area contributed by atoms with Gasteiger partial charge in [-0.05, 0) is 41.6 Å². The van der Waals surface area contributed by atoms with Gasteiger partial charge in [-0.25, -0.2) is 0 Å². The van der Waals surface area contributed by atoms with Gasteiger partial charge in [0.05, 0.1) is 24.0 Å². The number of nitrogens with zero attached hydrogens (tertiary/aromatic N) is 2. The van der Waals surface area contributed by atoms with Crippen molar-refractivity contribution in [2.75, 3.05) is 12.3 Å². The third kappa shape index (κ3) is 2.48. The lowest BCUT2D eigenvalue weighted by atomic mass is 9.77. The number of nitrogen functional groups attached to an aromatic ring is 1. The van der Waals surface area contributed by atoms with Gasteiger partial charge in [0.2, 0.25) is 0 Å². The van der Waals surface area contributed by atoms with Gasteiger partial charge in [0, 0.05) is 10.9 Å². The molecule has 4 rings (SSSR count). The molecule has 0 fully saturated rings. The molecule has 0 radical (unpaired) electrons. The van der Waals surface area contributed by atoms with Crippen LogP contribution >= 0.6 is 0 Å². The molecule has 120 valence electrons. The van der Waals surface area contributed by atoms with Crippen LogP contribution in [0.3, 0.4) is 0 Å². The summed E-state index contributed by atoms with van der Waals surface area (Å²) >= 11 is 0. The van der Waals surface area contributed by atoms with E-state index in [0.29, 0.717) is 23.3 Å². The topological polar surface area (TPSA) is 101 Å². The number of ether oxygens (including phenoxy) is 1. The average Bonchev–Trinajstić information content (AvgIpc) is 2.60. The van der Waals surface area contributed by atoms with E-state index < -0.39 is 7.12 Å². The number of anilines is 1. The first-order chi connectivity index (χ1) is 11.6. The van der Waals surface area contributed by atoms with Gasteiger partial charge in [0.1, 0.15) is 5.75 Å². The molecule has 4 N–H and O–H groups in total. The zero-order valence-electron chi connectivity index (χ0n) is 12.9. The summed E-state index contributed by atoms with van der Waals surface area (Å²) in [6.07, 6.45) is 3.29. The van der Waals surface area contributed by atoms with E-state index in [1.807, 2.05) is 18.2 Å². The van der Waals surface area contributed by atoms with Crippen LogP contribution in [-0.2, 0) is 6.42 Å². The summed E-state index contributed by atoms with van der Waals surface area (Å²) in [5, 5.41) is 28.0. The molecule has 0 unspecified atom stereocenters. The number of benzene rings is 2. The fraction of sp³-hybridized carbons (Fsp3) is 0.176. The monoisotopic (exact) mass is 321 g/mol. The minimum absolute atomic E-state index is 0.452. The van der Waals surface area contributed by atoms with Crippen LogP contribution in [0.25, 0.3) is 22.0 Å². The Morgan fingerprint density at radius 1 is 1.17 bits per heavy atom. The number of fused-ring (bicyclic) bond motifs is 2. The first-order valence-electron chi connectivity index (χ1n) is 7.80. The highest BCUT2D eigenvalue weighted by molar-refractivity contribution is 6.58. The molecular formula is C17H16BN3O3. The highest BCUT2D eigenvalue weighted by Crippen LogP contribution is 2.37. The van der Waals surface area contributed by atoms with Crippen molar-refractivity contribution in [1.29, 1.82) is 0 Å². The molecule has 1 aliphatic heterocycles. The molecule has 0 bridgehead atoms. The summed E-state index contributed by atoms with van der Waals surface area (Å²) < 4.78 is 5.86. The van der Waals surface area contributed by atoms with E-state index in [-0.39, 0.29) is 0 Å². The molecule has 1 aliphatic rings. The fourth-order valence-corrected chi connectivity index (χ4v) is 3.12. The maximum Gasteiger partial charge on any atom is 0.488 e. The van der Waals surface area contributed by atoms with Gasteiger partial charge < -0.3 is 20.5 Å². The SMILES string of the molecule is Nc1cnnc2cc(-c3cc(B(O)O)cc4c3OCCC4)ccc12. The van der Waals surface area contributed by atoms with Crippen LogP contribution in [0.15, 0.2) is 36.5 Å². The van der Waals surface area contributed by atoms with E-state index in [1.54, 1.807) is 12.1 Å². The number of rotatable bonds is 2. The second-order valence-corrected chi connectivity index (χ2v) is 5.91. The molecule has 0 saturated heterocycles. The first kappa shape index (κ1) is 14.9. The predicted molar refractivity (Wildman–Crippen MR) is 93.0 cm³/mol. The normalized spacial score (nSPS) is 13.4. The lowest BCUT2D eigenvalue weighted by Crippen LogP contribution is -2.31. The minimum atomic E-state index is -1.52. The summed E-state index contributed by atoms with van der Waals surface area (Å²) in [6, 6.07) is 9.25. The largest absolute Gasteiger partial charge is 0.493 e. The molecule has 24 heavy (non-hydrogen) atoms. The zero-order chi connectivity index (χ0) is 16.7. The Morgan fingerprint density at radius 2 is 2.04 bits per heavy atom. The molecule has 0 spiro atoms. The Balaban J connectivity index is 1.93. The Labute approximate surface area is 139 Å². The fourth-order valence-electron chi connectivity index (χ4n) is 3.12. The molecule has 0 amide bonds. The molecule has 1 aromatic heterocycles. The van der Waals surface area contributed by atoms with Crippen LogP contribution in [0.1, 0.15) is 12.0 Å². The van der Waals surface area contributed by atoms with Gasteiger partial charge in [0.15, 0.2) is 0 Å². The van der Waals surface area contributed by atoms with Crippen LogP contribution in [-0.4, -0.2) is 34.0 Å². The molecule has 0 saturated carbocycles. The highest BCUT2D eigenvalue weighted by atomic mass is 16.5. The van der Waals surface area contributed by atoms with E-state index in [4.69, 9.17) is 10.5 Å². The van der Waals surface area contributed by atoms with Crippen molar-refractivity contribution in [3.63, 3.8) is 0 Å². The van der Waals surface area contributed by atoms with E-state index >= 15 is 0 Å². The van der Waals surface area contributed by atoms with E-state index in [2.05, 4.69) is 10.2 Å². The van der Waals surface area contributed by atoms with Gasteiger partial charge in [-0.3, -0.25) is 0 Å². The number of hydrogen-bond acceptors (Lipinski definition) is 6. The number of hydrogen-bond donors (Lipinski definition) is 3.